The normalized spacial score (nSPS) is 11.1. The number of fused-ring (bicyclic) bond motifs is 1. The van der Waals surface area contributed by atoms with Gasteiger partial charge in [0.25, 0.3) is 5.78 Å². The predicted molar refractivity (Wildman–Crippen MR) is 96.8 cm³/mol. The summed E-state index contributed by atoms with van der Waals surface area (Å²) in [5.41, 5.74) is 2.65. The van der Waals surface area contributed by atoms with E-state index in [0.717, 1.165) is 23.4 Å². The molecule has 0 bridgehead atoms. The first-order chi connectivity index (χ1) is 11.6. The molecule has 3 rings (SSSR count). The van der Waals surface area contributed by atoms with Crippen LogP contribution in [0.2, 0.25) is 0 Å². The fourth-order valence-electron chi connectivity index (χ4n) is 2.54. The quantitative estimate of drug-likeness (QED) is 0.683. The summed E-state index contributed by atoms with van der Waals surface area (Å²) in [6, 6.07) is 4.10. The van der Waals surface area contributed by atoms with Crippen LogP contribution in [0.15, 0.2) is 22.7 Å². The highest BCUT2D eigenvalue weighted by Gasteiger charge is 2.15. The Labute approximate surface area is 148 Å². The lowest BCUT2D eigenvalue weighted by molar-refractivity contribution is -0.120. The lowest BCUT2D eigenvalue weighted by atomic mass is 10.1. The van der Waals surface area contributed by atoms with E-state index in [2.05, 4.69) is 26.4 Å². The number of thioether (sulfide) groups is 1. The van der Waals surface area contributed by atoms with Crippen molar-refractivity contribution in [3.05, 3.63) is 39.3 Å². The van der Waals surface area contributed by atoms with E-state index in [1.807, 2.05) is 31.5 Å². The average molecular weight is 361 g/mol. The smallest absolute Gasteiger partial charge is 0.253 e. The lowest BCUT2D eigenvalue weighted by Crippen LogP contribution is -2.28. The summed E-state index contributed by atoms with van der Waals surface area (Å²) in [5.74, 6) is 0.584. The summed E-state index contributed by atoms with van der Waals surface area (Å²) in [6.07, 6.45) is 3.09. The Morgan fingerprint density at radius 1 is 1.38 bits per heavy atom. The summed E-state index contributed by atoms with van der Waals surface area (Å²) < 4.78 is 1.72. The minimum atomic E-state index is 0.00381. The van der Waals surface area contributed by atoms with Crippen molar-refractivity contribution in [1.29, 1.82) is 0 Å². The number of aromatic nitrogens is 4. The second kappa shape index (κ2) is 7.31. The predicted octanol–water partition coefficient (Wildman–Crippen LogP) is 2.43. The highest BCUT2D eigenvalue weighted by Crippen LogP contribution is 2.17. The maximum atomic E-state index is 12.3. The maximum absolute atomic E-state index is 12.3. The molecule has 3 aromatic heterocycles. The zero-order valence-electron chi connectivity index (χ0n) is 13.9. The van der Waals surface area contributed by atoms with Crippen LogP contribution in [0, 0.1) is 13.8 Å². The van der Waals surface area contributed by atoms with Gasteiger partial charge in [0.2, 0.25) is 11.1 Å². The van der Waals surface area contributed by atoms with E-state index >= 15 is 0 Å². The molecule has 0 atom stereocenters. The second-order valence-electron chi connectivity index (χ2n) is 5.43. The van der Waals surface area contributed by atoms with Gasteiger partial charge in [-0.05, 0) is 38.0 Å². The van der Waals surface area contributed by atoms with E-state index in [1.54, 1.807) is 15.9 Å². The third kappa shape index (κ3) is 3.59. The zero-order valence-corrected chi connectivity index (χ0v) is 15.5. The van der Waals surface area contributed by atoms with Gasteiger partial charge < -0.3 is 5.32 Å². The third-order valence-corrected chi connectivity index (χ3v) is 5.30. The number of carbonyl (C=O) groups excluding carboxylic acids is 1. The molecule has 126 valence electrons. The number of aryl methyl sites for hydroxylation is 2. The molecular formula is C16H19N5OS2. The van der Waals surface area contributed by atoms with Crippen LogP contribution >= 0.6 is 23.1 Å². The van der Waals surface area contributed by atoms with Crippen LogP contribution in [-0.4, -0.2) is 38.3 Å². The number of hydrogen-bond donors (Lipinski definition) is 1. The molecule has 0 aliphatic rings. The van der Waals surface area contributed by atoms with E-state index < -0.39 is 0 Å². The van der Waals surface area contributed by atoms with Crippen molar-refractivity contribution in [3.63, 3.8) is 0 Å². The summed E-state index contributed by atoms with van der Waals surface area (Å²) in [5, 5.41) is 10.1. The average Bonchev–Trinajstić information content (AvgIpc) is 3.20. The number of hydrogen-bond acceptors (Lipinski definition) is 6. The van der Waals surface area contributed by atoms with Crippen molar-refractivity contribution < 1.29 is 4.79 Å². The highest BCUT2D eigenvalue weighted by molar-refractivity contribution is 7.98. The Morgan fingerprint density at radius 2 is 2.21 bits per heavy atom. The number of nitrogens with one attached hydrogen (secondary N) is 1. The Balaban J connectivity index is 1.70. The second-order valence-corrected chi connectivity index (χ2v) is 7.23. The zero-order chi connectivity index (χ0) is 17.1. The van der Waals surface area contributed by atoms with E-state index in [9.17, 15) is 4.79 Å². The number of nitrogens with zero attached hydrogens (tertiary/aromatic N) is 4. The summed E-state index contributed by atoms with van der Waals surface area (Å²) in [6.45, 7) is 4.51. The molecule has 0 aromatic carbocycles. The SMILES string of the molecule is CSc1nc2nc(C)c(CC(=O)NCCc3cccs3)c(C)n2n1. The standard InChI is InChI=1S/C16H19N5OS2/c1-10-13(9-14(22)17-7-6-12-5-4-8-24-12)11(2)21-15(18-10)19-16(20-21)23-3/h4-5,8H,6-7,9H2,1-3H3,(H,17,22). The van der Waals surface area contributed by atoms with Gasteiger partial charge in [-0.25, -0.2) is 9.50 Å². The number of carbonyl (C=O) groups is 1. The monoisotopic (exact) mass is 361 g/mol. The summed E-state index contributed by atoms with van der Waals surface area (Å²) >= 11 is 3.18. The number of thiophene rings is 1. The lowest BCUT2D eigenvalue weighted by Gasteiger charge is -2.10. The van der Waals surface area contributed by atoms with Crippen LogP contribution in [0.1, 0.15) is 21.8 Å². The van der Waals surface area contributed by atoms with Gasteiger partial charge >= 0.3 is 0 Å². The van der Waals surface area contributed by atoms with Crippen molar-refractivity contribution in [1.82, 2.24) is 24.9 Å². The fraction of sp³-hybridized carbons (Fsp3) is 0.375. The Bertz CT molecular complexity index is 857. The van der Waals surface area contributed by atoms with Crippen LogP contribution in [0.4, 0.5) is 0 Å². The highest BCUT2D eigenvalue weighted by atomic mass is 32.2. The van der Waals surface area contributed by atoms with Crippen LogP contribution in [-0.2, 0) is 17.6 Å². The molecule has 0 unspecified atom stereocenters. The molecule has 0 fully saturated rings. The number of amides is 1. The molecule has 3 aromatic rings. The minimum absolute atomic E-state index is 0.00381. The van der Waals surface area contributed by atoms with Gasteiger partial charge in [0, 0.05) is 28.4 Å². The first-order valence-electron chi connectivity index (χ1n) is 7.64. The topological polar surface area (TPSA) is 72.2 Å². The summed E-state index contributed by atoms with van der Waals surface area (Å²) in [4.78, 5) is 22.4. The molecule has 3 heterocycles. The van der Waals surface area contributed by atoms with Gasteiger partial charge in [-0.1, -0.05) is 17.8 Å². The molecule has 0 aliphatic carbocycles. The van der Waals surface area contributed by atoms with Crippen molar-refractivity contribution >= 4 is 34.8 Å². The molecule has 0 saturated carbocycles. The van der Waals surface area contributed by atoms with Gasteiger partial charge in [0.05, 0.1) is 6.42 Å². The van der Waals surface area contributed by atoms with Gasteiger partial charge in [-0.2, -0.15) is 4.98 Å². The molecule has 24 heavy (non-hydrogen) atoms. The van der Waals surface area contributed by atoms with Crippen molar-refractivity contribution in [2.45, 2.75) is 31.8 Å². The van der Waals surface area contributed by atoms with Gasteiger partial charge in [-0.3, -0.25) is 4.79 Å². The Kier molecular flexibility index (Phi) is 5.15. The molecule has 0 saturated heterocycles. The van der Waals surface area contributed by atoms with Crippen molar-refractivity contribution in [3.8, 4) is 0 Å². The fourth-order valence-corrected chi connectivity index (χ4v) is 3.58. The maximum Gasteiger partial charge on any atom is 0.253 e. The van der Waals surface area contributed by atoms with Crippen LogP contribution in [0.5, 0.6) is 0 Å². The van der Waals surface area contributed by atoms with E-state index in [1.165, 1.54) is 16.6 Å². The van der Waals surface area contributed by atoms with E-state index in [-0.39, 0.29) is 5.91 Å². The van der Waals surface area contributed by atoms with E-state index in [0.29, 0.717) is 23.9 Å². The first-order valence-corrected chi connectivity index (χ1v) is 9.75. The van der Waals surface area contributed by atoms with Crippen LogP contribution in [0.3, 0.4) is 0 Å². The largest absolute Gasteiger partial charge is 0.355 e. The van der Waals surface area contributed by atoms with Crippen LogP contribution < -0.4 is 5.32 Å². The Hall–Kier alpha value is -1.93. The molecule has 6 nitrogen and oxygen atoms in total. The summed E-state index contributed by atoms with van der Waals surface area (Å²) in [7, 11) is 0. The van der Waals surface area contributed by atoms with Gasteiger partial charge in [-0.15, -0.1) is 16.4 Å². The van der Waals surface area contributed by atoms with Crippen molar-refractivity contribution in [2.75, 3.05) is 12.8 Å². The van der Waals surface area contributed by atoms with Crippen LogP contribution in [0.25, 0.3) is 5.78 Å². The minimum Gasteiger partial charge on any atom is -0.355 e. The molecular weight excluding hydrogens is 342 g/mol. The first kappa shape index (κ1) is 16.9. The molecule has 0 radical (unpaired) electrons. The molecule has 1 amide bonds. The molecule has 0 aliphatic heterocycles. The molecule has 1 N–H and O–H groups in total. The Morgan fingerprint density at radius 3 is 2.92 bits per heavy atom. The molecule has 8 heteroatoms. The van der Waals surface area contributed by atoms with Crippen molar-refractivity contribution in [2.24, 2.45) is 0 Å². The van der Waals surface area contributed by atoms with Gasteiger partial charge in [0.1, 0.15) is 0 Å². The van der Waals surface area contributed by atoms with E-state index in [4.69, 9.17) is 0 Å². The van der Waals surface area contributed by atoms with Gasteiger partial charge in [0.15, 0.2) is 0 Å². The third-order valence-electron chi connectivity index (χ3n) is 3.82. The number of rotatable bonds is 6. The molecule has 0 spiro atoms.